The Balaban J connectivity index is 1.90. The molecule has 1 aliphatic heterocycles. The summed E-state index contributed by atoms with van der Waals surface area (Å²) in [6, 6.07) is 12.5. The first-order valence-electron chi connectivity index (χ1n) is 8.80. The number of aromatic nitrogens is 2. The molecule has 0 amide bonds. The summed E-state index contributed by atoms with van der Waals surface area (Å²) in [4.78, 5) is 12.4. The van der Waals surface area contributed by atoms with E-state index in [0.29, 0.717) is 16.8 Å². The van der Waals surface area contributed by atoms with Crippen LogP contribution in [0.1, 0.15) is 22.1 Å². The fraction of sp³-hybridized carbons (Fsp3) is 0.136. The van der Waals surface area contributed by atoms with Crippen LogP contribution < -0.4 is 9.13 Å². The summed E-state index contributed by atoms with van der Waals surface area (Å²) in [5, 5.41) is 0. The smallest absolute Gasteiger partial charge is 0.403 e. The van der Waals surface area contributed by atoms with Gasteiger partial charge < -0.3 is 4.74 Å². The average molecular weight is 378 g/mol. The second-order valence-electron chi connectivity index (χ2n) is 6.94. The van der Waals surface area contributed by atoms with E-state index >= 15 is 0 Å². The third-order valence-electron chi connectivity index (χ3n) is 5.66. The van der Waals surface area contributed by atoms with Gasteiger partial charge >= 0.3 is 5.97 Å². The highest BCUT2D eigenvalue weighted by Gasteiger charge is 2.80. The zero-order valence-corrected chi connectivity index (χ0v) is 15.0. The van der Waals surface area contributed by atoms with Crippen LogP contribution in [0.5, 0.6) is 0 Å². The number of esters is 1. The van der Waals surface area contributed by atoms with E-state index in [9.17, 15) is 13.6 Å². The van der Waals surface area contributed by atoms with Crippen LogP contribution in [0, 0.1) is 11.6 Å². The number of hydrogen-bond acceptors (Lipinski definition) is 2. The maximum atomic E-state index is 15.0. The molecule has 2 unspecified atom stereocenters. The highest BCUT2D eigenvalue weighted by molar-refractivity contribution is 5.85. The lowest BCUT2D eigenvalue weighted by Gasteiger charge is -2.20. The van der Waals surface area contributed by atoms with Crippen molar-refractivity contribution in [3.63, 3.8) is 0 Å². The van der Waals surface area contributed by atoms with Crippen molar-refractivity contribution in [2.45, 2.75) is 11.6 Å². The Bertz CT molecular complexity index is 1190. The molecule has 1 fully saturated rings. The van der Waals surface area contributed by atoms with Crippen LogP contribution in [-0.2, 0) is 10.3 Å². The monoisotopic (exact) mass is 378 g/mol. The number of allylic oxidation sites excluding steroid dienone is 1. The molecule has 2 aliphatic rings. The second-order valence-corrected chi connectivity index (χ2v) is 6.94. The van der Waals surface area contributed by atoms with E-state index in [1.54, 1.807) is 35.0 Å². The molecule has 3 heterocycles. The molecular formula is C22H16F2N2O2+2. The van der Waals surface area contributed by atoms with Crippen LogP contribution in [0.3, 0.4) is 0 Å². The molecule has 138 valence electrons. The van der Waals surface area contributed by atoms with E-state index in [0.717, 1.165) is 11.6 Å². The molecule has 1 saturated carbocycles. The molecule has 4 nitrogen and oxygen atoms in total. The van der Waals surface area contributed by atoms with Crippen LogP contribution in [0.25, 0.3) is 11.3 Å². The van der Waals surface area contributed by atoms with Gasteiger partial charge in [-0.15, -0.1) is 0 Å². The van der Waals surface area contributed by atoms with E-state index in [-0.39, 0.29) is 11.7 Å². The Morgan fingerprint density at radius 3 is 2.68 bits per heavy atom. The first-order valence-corrected chi connectivity index (χ1v) is 8.80. The highest BCUT2D eigenvalue weighted by Crippen LogP contribution is 2.61. The van der Waals surface area contributed by atoms with Gasteiger partial charge in [0.05, 0.1) is 23.8 Å². The SMILES string of the molecule is C=C1C2[n+]3ccccc3-c3c(F)cc(F)cc3C12[n+]1ccccc1C(=O)OC. The predicted molar refractivity (Wildman–Crippen MR) is 95.2 cm³/mol. The third-order valence-corrected chi connectivity index (χ3v) is 5.66. The van der Waals surface area contributed by atoms with Crippen molar-refractivity contribution < 1.29 is 27.4 Å². The van der Waals surface area contributed by atoms with Crippen molar-refractivity contribution in [2.75, 3.05) is 7.11 Å². The Morgan fingerprint density at radius 1 is 1.14 bits per heavy atom. The molecule has 0 saturated heterocycles. The van der Waals surface area contributed by atoms with Crippen LogP contribution >= 0.6 is 0 Å². The number of fused-ring (bicyclic) bond motifs is 6. The van der Waals surface area contributed by atoms with Gasteiger partial charge in [0, 0.05) is 30.3 Å². The van der Waals surface area contributed by atoms with Gasteiger partial charge in [0.15, 0.2) is 12.4 Å². The summed E-state index contributed by atoms with van der Waals surface area (Å²) in [5.74, 6) is -1.85. The minimum Gasteiger partial charge on any atom is -0.461 e. The summed E-state index contributed by atoms with van der Waals surface area (Å²) in [7, 11) is 1.30. The lowest BCUT2D eigenvalue weighted by atomic mass is 9.90. The van der Waals surface area contributed by atoms with Gasteiger partial charge in [0.25, 0.3) is 17.3 Å². The lowest BCUT2D eigenvalue weighted by molar-refractivity contribution is -0.785. The topological polar surface area (TPSA) is 34.1 Å². The maximum Gasteiger partial charge on any atom is 0.403 e. The number of ether oxygens (including phenoxy) is 1. The molecule has 3 aromatic rings. The lowest BCUT2D eigenvalue weighted by Crippen LogP contribution is -2.58. The number of pyridine rings is 2. The van der Waals surface area contributed by atoms with Gasteiger partial charge in [-0.05, 0) is 18.2 Å². The molecule has 0 radical (unpaired) electrons. The van der Waals surface area contributed by atoms with Gasteiger partial charge in [-0.3, -0.25) is 0 Å². The number of rotatable bonds is 2. The largest absolute Gasteiger partial charge is 0.461 e. The van der Waals surface area contributed by atoms with Gasteiger partial charge in [0.1, 0.15) is 11.6 Å². The number of nitrogens with zero attached hydrogens (tertiary/aromatic N) is 2. The van der Waals surface area contributed by atoms with E-state index in [4.69, 9.17) is 4.74 Å². The molecule has 2 aromatic heterocycles. The van der Waals surface area contributed by atoms with Crippen LogP contribution in [-0.4, -0.2) is 13.1 Å². The van der Waals surface area contributed by atoms with Crippen LogP contribution in [0.15, 0.2) is 73.1 Å². The second kappa shape index (κ2) is 5.55. The van der Waals surface area contributed by atoms with Crippen LogP contribution in [0.4, 0.5) is 8.78 Å². The summed E-state index contributed by atoms with van der Waals surface area (Å²) in [6.07, 6.45) is 3.57. The standard InChI is InChI=1S/C22H16F2N2O2/c1-13-20-22(13,26-10-6-4-8-18(26)21(27)28-2)15-11-14(23)12-16(24)19(15)17-7-3-5-9-25(17)20/h3-12,20H,1H2,2H3/q+2. The van der Waals surface area contributed by atoms with Crippen molar-refractivity contribution in [3.05, 3.63) is 96.0 Å². The maximum absolute atomic E-state index is 15.0. The van der Waals surface area contributed by atoms with Crippen molar-refractivity contribution in [2.24, 2.45) is 0 Å². The number of carbonyl (C=O) groups excluding carboxylic acids is 1. The summed E-state index contributed by atoms with van der Waals surface area (Å²) < 4.78 is 37.8. The zero-order valence-electron chi connectivity index (χ0n) is 15.0. The molecule has 5 rings (SSSR count). The molecule has 1 aromatic carbocycles. The summed E-state index contributed by atoms with van der Waals surface area (Å²) in [5.41, 5.74) is 1.46. The number of benzene rings is 1. The molecule has 28 heavy (non-hydrogen) atoms. The Hall–Kier alpha value is -3.41. The number of halogens is 2. The van der Waals surface area contributed by atoms with E-state index < -0.39 is 23.1 Å². The van der Waals surface area contributed by atoms with Crippen LogP contribution in [0.2, 0.25) is 0 Å². The quantitative estimate of drug-likeness (QED) is 0.390. The molecule has 6 heteroatoms. The Labute approximate surface area is 159 Å². The number of methoxy groups -OCH3 is 1. The first-order chi connectivity index (χ1) is 13.5. The van der Waals surface area contributed by atoms with Gasteiger partial charge in [0.2, 0.25) is 5.69 Å². The molecule has 0 bridgehead atoms. The zero-order chi connectivity index (χ0) is 19.6. The number of carbonyl (C=O) groups is 1. The van der Waals surface area contributed by atoms with E-state index in [2.05, 4.69) is 6.58 Å². The van der Waals surface area contributed by atoms with E-state index in [1.807, 2.05) is 22.9 Å². The van der Waals surface area contributed by atoms with Gasteiger partial charge in [-0.25, -0.2) is 13.6 Å². The molecular weight excluding hydrogens is 362 g/mol. The fourth-order valence-corrected chi connectivity index (χ4v) is 4.51. The fourth-order valence-electron chi connectivity index (χ4n) is 4.51. The van der Waals surface area contributed by atoms with Gasteiger partial charge in [-0.1, -0.05) is 6.58 Å². The normalized spacial score (nSPS) is 21.4. The molecule has 1 aliphatic carbocycles. The highest BCUT2D eigenvalue weighted by atomic mass is 19.1. The molecule has 2 atom stereocenters. The van der Waals surface area contributed by atoms with Crippen molar-refractivity contribution in [1.82, 2.24) is 0 Å². The van der Waals surface area contributed by atoms with Crippen molar-refractivity contribution in [1.29, 1.82) is 0 Å². The average Bonchev–Trinajstić information content (AvgIpc) is 3.34. The number of hydrogen-bond donors (Lipinski definition) is 0. The summed E-state index contributed by atoms with van der Waals surface area (Å²) in [6.45, 7) is 4.20. The minimum atomic E-state index is -0.970. The third kappa shape index (κ3) is 1.89. The molecule has 0 N–H and O–H groups in total. The summed E-state index contributed by atoms with van der Waals surface area (Å²) >= 11 is 0. The minimum absolute atomic E-state index is 0.270. The Kier molecular flexibility index (Phi) is 3.32. The van der Waals surface area contributed by atoms with Gasteiger partial charge in [-0.2, -0.15) is 9.13 Å². The predicted octanol–water partition coefficient (Wildman–Crippen LogP) is 2.86. The first kappa shape index (κ1) is 16.7. The Morgan fingerprint density at radius 2 is 1.89 bits per heavy atom. The molecule has 0 spiro atoms. The van der Waals surface area contributed by atoms with Crippen molar-refractivity contribution >= 4 is 5.97 Å². The van der Waals surface area contributed by atoms with Crippen molar-refractivity contribution in [3.8, 4) is 11.3 Å². The van der Waals surface area contributed by atoms with E-state index in [1.165, 1.54) is 13.2 Å².